The van der Waals surface area contributed by atoms with Crippen molar-refractivity contribution in [3.8, 4) is 11.5 Å². The van der Waals surface area contributed by atoms with E-state index in [0.717, 1.165) is 31.6 Å². The van der Waals surface area contributed by atoms with Gasteiger partial charge in [0.2, 0.25) is 17.6 Å². The van der Waals surface area contributed by atoms with Crippen LogP contribution in [0.2, 0.25) is 0 Å². The molecule has 0 spiro atoms. The number of carbonyl (C=O) groups is 1. The van der Waals surface area contributed by atoms with Crippen LogP contribution < -0.4 is 10.2 Å². The molecule has 1 aliphatic heterocycles. The smallest absolute Gasteiger partial charge is 0.249 e. The van der Waals surface area contributed by atoms with Gasteiger partial charge in [-0.15, -0.1) is 0 Å². The van der Waals surface area contributed by atoms with Gasteiger partial charge < -0.3 is 14.7 Å². The molecule has 7 heteroatoms. The third-order valence-electron chi connectivity index (χ3n) is 5.39. The zero-order valence-corrected chi connectivity index (χ0v) is 15.1. The standard InChI is InChI=1S/C19H25N5O2/c1-13(25)21-17(14-6-2-3-7-14)19-22-18(23-26-19)16-9-8-15(12-20-16)24-10-4-5-11-24/h8-9,12,14,17H,2-7,10-11H2,1H3,(H,21,25). The van der Waals surface area contributed by atoms with Crippen LogP contribution in [0.25, 0.3) is 11.5 Å². The minimum atomic E-state index is -0.208. The molecule has 1 amide bonds. The average molecular weight is 355 g/mol. The summed E-state index contributed by atoms with van der Waals surface area (Å²) in [6.45, 7) is 3.71. The first-order valence-electron chi connectivity index (χ1n) is 9.53. The Kier molecular flexibility index (Phi) is 4.86. The van der Waals surface area contributed by atoms with E-state index in [4.69, 9.17) is 4.52 Å². The lowest BCUT2D eigenvalue weighted by Crippen LogP contribution is -2.31. The van der Waals surface area contributed by atoms with Crippen molar-refractivity contribution in [1.82, 2.24) is 20.4 Å². The van der Waals surface area contributed by atoms with Crippen molar-refractivity contribution in [3.05, 3.63) is 24.2 Å². The van der Waals surface area contributed by atoms with Crippen molar-refractivity contribution in [2.75, 3.05) is 18.0 Å². The Morgan fingerprint density at radius 2 is 2.00 bits per heavy atom. The maximum absolute atomic E-state index is 11.6. The summed E-state index contributed by atoms with van der Waals surface area (Å²) in [6.07, 6.45) is 8.86. The molecule has 1 saturated heterocycles. The number of pyridine rings is 1. The first kappa shape index (κ1) is 17.0. The second-order valence-electron chi connectivity index (χ2n) is 7.27. The van der Waals surface area contributed by atoms with E-state index in [0.29, 0.717) is 23.3 Å². The summed E-state index contributed by atoms with van der Waals surface area (Å²) in [5.74, 6) is 1.24. The molecule has 1 atom stereocenters. The SMILES string of the molecule is CC(=O)NC(c1nc(-c2ccc(N3CCCC3)cn2)no1)C1CCCC1. The van der Waals surface area contributed by atoms with Crippen molar-refractivity contribution < 1.29 is 9.32 Å². The van der Waals surface area contributed by atoms with Gasteiger partial charge in [0.05, 0.1) is 11.9 Å². The molecular formula is C19H25N5O2. The van der Waals surface area contributed by atoms with E-state index >= 15 is 0 Å². The largest absolute Gasteiger partial charge is 0.370 e. The van der Waals surface area contributed by atoms with Gasteiger partial charge in [0, 0.05) is 20.0 Å². The second-order valence-corrected chi connectivity index (χ2v) is 7.27. The number of amides is 1. The van der Waals surface area contributed by atoms with Gasteiger partial charge in [0.1, 0.15) is 11.7 Å². The number of nitrogens with one attached hydrogen (secondary N) is 1. The van der Waals surface area contributed by atoms with Crippen LogP contribution in [-0.2, 0) is 4.79 Å². The van der Waals surface area contributed by atoms with Gasteiger partial charge in [-0.25, -0.2) is 0 Å². The molecule has 1 N–H and O–H groups in total. The summed E-state index contributed by atoms with van der Waals surface area (Å²) in [5, 5.41) is 7.09. The molecule has 0 radical (unpaired) electrons. The van der Waals surface area contributed by atoms with Crippen LogP contribution in [0.5, 0.6) is 0 Å². The molecule has 7 nitrogen and oxygen atoms in total. The molecule has 1 unspecified atom stereocenters. The summed E-state index contributed by atoms with van der Waals surface area (Å²) in [5.41, 5.74) is 1.83. The van der Waals surface area contributed by atoms with Crippen molar-refractivity contribution in [1.29, 1.82) is 0 Å². The fourth-order valence-electron chi connectivity index (χ4n) is 4.04. The normalized spacial score (nSPS) is 19.0. The predicted octanol–water partition coefficient (Wildman–Crippen LogP) is 3.10. The van der Waals surface area contributed by atoms with Gasteiger partial charge in [-0.1, -0.05) is 18.0 Å². The monoisotopic (exact) mass is 355 g/mol. The highest BCUT2D eigenvalue weighted by atomic mass is 16.5. The molecule has 2 fully saturated rings. The van der Waals surface area contributed by atoms with Gasteiger partial charge in [-0.3, -0.25) is 9.78 Å². The molecule has 2 aromatic heterocycles. The van der Waals surface area contributed by atoms with Gasteiger partial charge in [0.25, 0.3) is 0 Å². The Morgan fingerprint density at radius 3 is 2.65 bits per heavy atom. The van der Waals surface area contributed by atoms with Crippen LogP contribution >= 0.6 is 0 Å². The zero-order valence-electron chi connectivity index (χ0n) is 15.1. The van der Waals surface area contributed by atoms with E-state index in [-0.39, 0.29) is 11.9 Å². The fourth-order valence-corrected chi connectivity index (χ4v) is 4.04. The highest BCUT2D eigenvalue weighted by Gasteiger charge is 2.31. The third-order valence-corrected chi connectivity index (χ3v) is 5.39. The van der Waals surface area contributed by atoms with E-state index in [2.05, 4.69) is 31.4 Å². The summed E-state index contributed by atoms with van der Waals surface area (Å²) in [4.78, 5) is 23.0. The Balaban J connectivity index is 1.53. The van der Waals surface area contributed by atoms with E-state index < -0.39 is 0 Å². The summed E-state index contributed by atoms with van der Waals surface area (Å²) >= 11 is 0. The first-order chi connectivity index (χ1) is 12.7. The molecular weight excluding hydrogens is 330 g/mol. The molecule has 1 aliphatic carbocycles. The van der Waals surface area contributed by atoms with Gasteiger partial charge >= 0.3 is 0 Å². The van der Waals surface area contributed by atoms with E-state index in [9.17, 15) is 4.79 Å². The molecule has 26 heavy (non-hydrogen) atoms. The Hall–Kier alpha value is -2.44. The summed E-state index contributed by atoms with van der Waals surface area (Å²) in [7, 11) is 0. The molecule has 3 heterocycles. The summed E-state index contributed by atoms with van der Waals surface area (Å²) < 4.78 is 5.50. The minimum Gasteiger partial charge on any atom is -0.370 e. The lowest BCUT2D eigenvalue weighted by Gasteiger charge is -2.20. The van der Waals surface area contributed by atoms with E-state index in [1.54, 1.807) is 0 Å². The van der Waals surface area contributed by atoms with Crippen molar-refractivity contribution in [2.24, 2.45) is 5.92 Å². The van der Waals surface area contributed by atoms with Crippen LogP contribution in [0.1, 0.15) is 57.4 Å². The van der Waals surface area contributed by atoms with Crippen molar-refractivity contribution >= 4 is 11.6 Å². The topological polar surface area (TPSA) is 84.2 Å². The van der Waals surface area contributed by atoms with Crippen LogP contribution in [0.4, 0.5) is 5.69 Å². The molecule has 138 valence electrons. The number of nitrogens with zero attached hydrogens (tertiary/aromatic N) is 4. The average Bonchev–Trinajstić information content (AvgIpc) is 3.42. The number of carbonyl (C=O) groups excluding carboxylic acids is 1. The van der Waals surface area contributed by atoms with Gasteiger partial charge in [0.15, 0.2) is 0 Å². The maximum atomic E-state index is 11.6. The van der Waals surface area contributed by atoms with E-state index in [1.165, 1.54) is 32.6 Å². The first-order valence-corrected chi connectivity index (χ1v) is 9.53. The molecule has 1 saturated carbocycles. The molecule has 2 aromatic rings. The van der Waals surface area contributed by atoms with Crippen LogP contribution in [0.15, 0.2) is 22.9 Å². The second kappa shape index (κ2) is 7.43. The number of aromatic nitrogens is 3. The molecule has 0 aromatic carbocycles. The quantitative estimate of drug-likeness (QED) is 0.887. The van der Waals surface area contributed by atoms with E-state index in [1.807, 2.05) is 12.3 Å². The van der Waals surface area contributed by atoms with Crippen molar-refractivity contribution in [3.63, 3.8) is 0 Å². The minimum absolute atomic E-state index is 0.0743. The third kappa shape index (κ3) is 3.57. The molecule has 0 bridgehead atoms. The van der Waals surface area contributed by atoms with Gasteiger partial charge in [-0.2, -0.15) is 4.98 Å². The molecule has 4 rings (SSSR count). The predicted molar refractivity (Wildman–Crippen MR) is 97.5 cm³/mol. The Bertz CT molecular complexity index is 746. The number of hydrogen-bond acceptors (Lipinski definition) is 6. The Labute approximate surface area is 153 Å². The number of hydrogen-bond donors (Lipinski definition) is 1. The Morgan fingerprint density at radius 1 is 1.23 bits per heavy atom. The lowest BCUT2D eigenvalue weighted by atomic mass is 9.98. The maximum Gasteiger partial charge on any atom is 0.249 e. The zero-order chi connectivity index (χ0) is 17.9. The summed E-state index contributed by atoms with van der Waals surface area (Å²) in [6, 6.07) is 3.79. The lowest BCUT2D eigenvalue weighted by molar-refractivity contribution is -0.120. The van der Waals surface area contributed by atoms with Gasteiger partial charge in [-0.05, 0) is 43.7 Å². The van der Waals surface area contributed by atoms with Crippen LogP contribution in [0, 0.1) is 5.92 Å². The number of anilines is 1. The molecule has 2 aliphatic rings. The van der Waals surface area contributed by atoms with Crippen LogP contribution in [-0.4, -0.2) is 34.1 Å². The fraction of sp³-hybridized carbons (Fsp3) is 0.579. The highest BCUT2D eigenvalue weighted by molar-refractivity contribution is 5.73. The highest BCUT2D eigenvalue weighted by Crippen LogP contribution is 2.35. The number of rotatable bonds is 5. The van der Waals surface area contributed by atoms with Crippen molar-refractivity contribution in [2.45, 2.75) is 51.5 Å². The van der Waals surface area contributed by atoms with Crippen LogP contribution in [0.3, 0.4) is 0 Å².